The van der Waals surface area contributed by atoms with Crippen LogP contribution in [0.15, 0.2) is 48.8 Å². The summed E-state index contributed by atoms with van der Waals surface area (Å²) in [5.74, 6) is -0.639. The number of nitro benzene ring substituents is 1. The maximum Gasteiger partial charge on any atom is 0.296 e. The minimum atomic E-state index is -0.639. The summed E-state index contributed by atoms with van der Waals surface area (Å²) in [5.41, 5.74) is 1.46. The maximum atomic E-state index is 13.1. The van der Waals surface area contributed by atoms with Crippen LogP contribution in [0.1, 0.15) is 0 Å². The molecule has 94 valence electrons. The summed E-state index contributed by atoms with van der Waals surface area (Å²) in [6, 6.07) is 10.7. The topological polar surface area (TPSA) is 61.0 Å². The van der Waals surface area contributed by atoms with Gasteiger partial charge in [-0.2, -0.15) is 0 Å². The molecule has 3 rings (SSSR count). The summed E-state index contributed by atoms with van der Waals surface area (Å²) in [5, 5.41) is 11.0. The van der Waals surface area contributed by atoms with Crippen molar-refractivity contribution < 1.29 is 9.31 Å². The summed E-state index contributed by atoms with van der Waals surface area (Å²) in [7, 11) is 0. The minimum absolute atomic E-state index is 0.289. The van der Waals surface area contributed by atoms with Crippen molar-refractivity contribution in [3.8, 4) is 5.69 Å². The first-order valence-corrected chi connectivity index (χ1v) is 5.53. The summed E-state index contributed by atoms with van der Waals surface area (Å²) >= 11 is 0. The number of fused-ring (bicyclic) bond motifs is 1. The molecule has 1 heterocycles. The van der Waals surface area contributed by atoms with Crippen LogP contribution < -0.4 is 0 Å². The Morgan fingerprint density at radius 1 is 1.21 bits per heavy atom. The Hall–Kier alpha value is -2.76. The van der Waals surface area contributed by atoms with Gasteiger partial charge in [0.05, 0.1) is 22.0 Å². The molecular formula is C13H8FN3O2. The highest BCUT2D eigenvalue weighted by Crippen LogP contribution is 2.26. The van der Waals surface area contributed by atoms with Crippen LogP contribution in [0.4, 0.5) is 10.1 Å². The lowest BCUT2D eigenvalue weighted by atomic mass is 10.2. The van der Waals surface area contributed by atoms with E-state index in [9.17, 15) is 14.5 Å². The quantitative estimate of drug-likeness (QED) is 0.523. The number of halogens is 1. The molecule has 0 amide bonds. The van der Waals surface area contributed by atoms with Gasteiger partial charge in [-0.15, -0.1) is 0 Å². The monoisotopic (exact) mass is 257 g/mol. The normalized spacial score (nSPS) is 10.8. The summed E-state index contributed by atoms with van der Waals surface area (Å²) in [4.78, 5) is 14.6. The molecule has 0 saturated heterocycles. The lowest BCUT2D eigenvalue weighted by Crippen LogP contribution is -1.99. The van der Waals surface area contributed by atoms with E-state index in [0.29, 0.717) is 5.69 Å². The molecule has 0 aliphatic carbocycles. The molecule has 0 aliphatic heterocycles. The van der Waals surface area contributed by atoms with Gasteiger partial charge in [-0.3, -0.25) is 14.7 Å². The first-order chi connectivity index (χ1) is 9.16. The van der Waals surface area contributed by atoms with Crippen molar-refractivity contribution in [3.63, 3.8) is 0 Å². The second kappa shape index (κ2) is 4.16. The van der Waals surface area contributed by atoms with Gasteiger partial charge in [0.2, 0.25) is 0 Å². The van der Waals surface area contributed by atoms with E-state index < -0.39 is 10.7 Å². The van der Waals surface area contributed by atoms with Gasteiger partial charge in [0, 0.05) is 0 Å². The van der Waals surface area contributed by atoms with Crippen molar-refractivity contribution in [2.24, 2.45) is 0 Å². The van der Waals surface area contributed by atoms with Crippen molar-refractivity contribution in [1.29, 1.82) is 0 Å². The molecule has 0 radical (unpaired) electrons. The highest BCUT2D eigenvalue weighted by molar-refractivity contribution is 5.78. The third-order valence-corrected chi connectivity index (χ3v) is 2.85. The fourth-order valence-electron chi connectivity index (χ4n) is 2.00. The average Bonchev–Trinajstić information content (AvgIpc) is 2.82. The number of nitrogens with zero attached hydrogens (tertiary/aromatic N) is 3. The number of hydrogen-bond donors (Lipinski definition) is 0. The second-order valence-electron chi connectivity index (χ2n) is 3.99. The van der Waals surface area contributed by atoms with Gasteiger partial charge in [-0.1, -0.05) is 12.1 Å². The molecule has 0 spiro atoms. The van der Waals surface area contributed by atoms with Gasteiger partial charge < -0.3 is 0 Å². The zero-order chi connectivity index (χ0) is 13.4. The molecule has 0 bridgehead atoms. The summed E-state index contributed by atoms with van der Waals surface area (Å²) in [6.45, 7) is 0. The van der Waals surface area contributed by atoms with E-state index in [-0.39, 0.29) is 5.69 Å². The van der Waals surface area contributed by atoms with E-state index in [1.54, 1.807) is 16.7 Å². The second-order valence-corrected chi connectivity index (χ2v) is 3.99. The Labute approximate surface area is 107 Å². The molecule has 0 saturated carbocycles. The van der Waals surface area contributed by atoms with E-state index in [2.05, 4.69) is 4.98 Å². The maximum absolute atomic E-state index is 13.1. The van der Waals surface area contributed by atoms with E-state index in [1.807, 2.05) is 12.1 Å². The van der Waals surface area contributed by atoms with Crippen molar-refractivity contribution in [1.82, 2.24) is 9.55 Å². The third-order valence-electron chi connectivity index (χ3n) is 2.85. The van der Waals surface area contributed by atoms with Crippen LogP contribution in [0.2, 0.25) is 0 Å². The molecule has 0 unspecified atom stereocenters. The van der Waals surface area contributed by atoms with Gasteiger partial charge in [0.15, 0.2) is 0 Å². The zero-order valence-electron chi connectivity index (χ0n) is 9.65. The van der Waals surface area contributed by atoms with Gasteiger partial charge in [-0.05, 0) is 24.3 Å². The number of imidazole rings is 1. The fourth-order valence-corrected chi connectivity index (χ4v) is 2.00. The van der Waals surface area contributed by atoms with Crippen molar-refractivity contribution in [2.75, 3.05) is 0 Å². The average molecular weight is 257 g/mol. The molecule has 2 aromatic carbocycles. The highest BCUT2D eigenvalue weighted by Gasteiger charge is 2.17. The van der Waals surface area contributed by atoms with Crippen molar-refractivity contribution >= 4 is 16.7 Å². The third kappa shape index (κ3) is 1.83. The Kier molecular flexibility index (Phi) is 2.49. The molecule has 0 fully saturated rings. The molecule has 19 heavy (non-hydrogen) atoms. The number of nitro groups is 1. The Balaban J connectivity index is 2.30. The molecule has 5 nitrogen and oxygen atoms in total. The molecule has 3 aromatic rings. The molecule has 0 atom stereocenters. The predicted octanol–water partition coefficient (Wildman–Crippen LogP) is 3.07. The van der Waals surface area contributed by atoms with Crippen molar-refractivity contribution in [3.05, 3.63) is 64.7 Å². The lowest BCUT2D eigenvalue weighted by molar-refractivity contribution is -0.384. The van der Waals surface area contributed by atoms with Gasteiger partial charge in [0.25, 0.3) is 5.69 Å². The smallest absolute Gasteiger partial charge is 0.293 e. The number of aromatic nitrogens is 2. The Morgan fingerprint density at radius 2 is 2.00 bits per heavy atom. The molecule has 0 aliphatic rings. The van der Waals surface area contributed by atoms with Crippen LogP contribution in [0, 0.1) is 15.9 Å². The number of rotatable bonds is 2. The number of para-hydroxylation sites is 2. The molecule has 1 aromatic heterocycles. The number of benzene rings is 2. The lowest BCUT2D eigenvalue weighted by Gasteiger charge is -2.05. The van der Waals surface area contributed by atoms with Crippen LogP contribution in [-0.4, -0.2) is 14.5 Å². The van der Waals surface area contributed by atoms with Gasteiger partial charge in [0.1, 0.15) is 17.8 Å². The van der Waals surface area contributed by atoms with Gasteiger partial charge in [-0.25, -0.2) is 9.37 Å². The first kappa shape index (κ1) is 11.3. The Bertz CT molecular complexity index is 782. The minimum Gasteiger partial charge on any atom is -0.293 e. The van der Waals surface area contributed by atoms with Crippen LogP contribution >= 0.6 is 0 Å². The van der Waals surface area contributed by atoms with E-state index >= 15 is 0 Å². The van der Waals surface area contributed by atoms with Crippen molar-refractivity contribution in [2.45, 2.75) is 0 Å². The largest absolute Gasteiger partial charge is 0.296 e. The Morgan fingerprint density at radius 3 is 2.79 bits per heavy atom. The fraction of sp³-hybridized carbons (Fsp3) is 0. The first-order valence-electron chi connectivity index (χ1n) is 5.53. The van der Waals surface area contributed by atoms with E-state index in [4.69, 9.17) is 0 Å². The zero-order valence-corrected chi connectivity index (χ0v) is 9.65. The molecular weight excluding hydrogens is 249 g/mol. The van der Waals surface area contributed by atoms with Crippen LogP contribution in [-0.2, 0) is 0 Å². The SMILES string of the molecule is O=[N+]([O-])c1cc(F)ccc1-n1cnc2ccccc21. The van der Waals surface area contributed by atoms with Crippen LogP contribution in [0.3, 0.4) is 0 Å². The predicted molar refractivity (Wildman–Crippen MR) is 67.7 cm³/mol. The number of hydrogen-bond acceptors (Lipinski definition) is 3. The van der Waals surface area contributed by atoms with Crippen LogP contribution in [0.5, 0.6) is 0 Å². The van der Waals surface area contributed by atoms with Crippen LogP contribution in [0.25, 0.3) is 16.7 Å². The molecule has 0 N–H and O–H groups in total. The molecule has 6 heteroatoms. The highest BCUT2D eigenvalue weighted by atomic mass is 19.1. The summed E-state index contributed by atoms with van der Waals surface area (Å²) < 4.78 is 14.7. The standard InChI is InChI=1S/C13H8FN3O2/c14-9-5-6-12(13(7-9)17(18)19)16-8-15-10-3-1-2-4-11(10)16/h1-8H. The van der Waals surface area contributed by atoms with Gasteiger partial charge >= 0.3 is 0 Å². The summed E-state index contributed by atoms with van der Waals surface area (Å²) in [6.07, 6.45) is 1.49. The van der Waals surface area contributed by atoms with E-state index in [0.717, 1.165) is 17.1 Å². The van der Waals surface area contributed by atoms with E-state index in [1.165, 1.54) is 18.5 Å².